The maximum absolute atomic E-state index is 11.8. The molecule has 0 radical (unpaired) electrons. The van der Waals surface area contributed by atoms with E-state index in [0.717, 1.165) is 5.56 Å². The predicted molar refractivity (Wildman–Crippen MR) is 69.0 cm³/mol. The van der Waals surface area contributed by atoms with Gasteiger partial charge in [-0.1, -0.05) is 12.1 Å². The molecule has 0 aliphatic carbocycles. The van der Waals surface area contributed by atoms with Crippen LogP contribution in [0.5, 0.6) is 0 Å². The van der Waals surface area contributed by atoms with Crippen LogP contribution in [-0.4, -0.2) is 29.1 Å². The summed E-state index contributed by atoms with van der Waals surface area (Å²) in [6.45, 7) is 5.60. The highest BCUT2D eigenvalue weighted by Gasteiger charge is 2.12. The van der Waals surface area contributed by atoms with E-state index < -0.39 is 6.10 Å². The van der Waals surface area contributed by atoms with Crippen molar-refractivity contribution in [1.82, 2.24) is 4.90 Å². The van der Waals surface area contributed by atoms with E-state index in [1.165, 1.54) is 0 Å². The Balaban J connectivity index is 2.75. The minimum absolute atomic E-state index is 0.148. The Labute approximate surface area is 102 Å². The fourth-order valence-electron chi connectivity index (χ4n) is 1.32. The highest BCUT2D eigenvalue weighted by atomic mass is 16.3. The fraction of sp³-hybridized carbons (Fsp3) is 0.462. The van der Waals surface area contributed by atoms with E-state index in [1.54, 1.807) is 31.0 Å². The molecule has 1 unspecified atom stereocenters. The lowest BCUT2D eigenvalue weighted by Crippen LogP contribution is -2.36. The number of aliphatic hydroxyl groups excluding tert-OH is 1. The zero-order valence-corrected chi connectivity index (χ0v) is 10.8. The Bertz CT molecular complexity index is 389. The molecule has 0 aliphatic rings. The molecule has 1 atom stereocenters. The molecule has 0 saturated heterocycles. The minimum atomic E-state index is -0.533. The van der Waals surface area contributed by atoms with Crippen LogP contribution >= 0.6 is 0 Å². The van der Waals surface area contributed by atoms with Gasteiger partial charge in [0, 0.05) is 18.8 Å². The van der Waals surface area contributed by atoms with Crippen LogP contribution in [0.3, 0.4) is 0 Å². The van der Waals surface area contributed by atoms with Crippen molar-refractivity contribution in [3.05, 3.63) is 29.8 Å². The molecule has 1 rings (SSSR count). The number of anilines is 1. The largest absolute Gasteiger partial charge is 0.389 e. The van der Waals surface area contributed by atoms with E-state index in [2.05, 4.69) is 5.32 Å². The van der Waals surface area contributed by atoms with Crippen LogP contribution in [0.1, 0.15) is 32.4 Å². The van der Waals surface area contributed by atoms with Gasteiger partial charge in [-0.3, -0.25) is 0 Å². The maximum atomic E-state index is 11.8. The number of urea groups is 1. The van der Waals surface area contributed by atoms with Gasteiger partial charge in [0.05, 0.1) is 6.10 Å². The van der Waals surface area contributed by atoms with Crippen molar-refractivity contribution in [3.63, 3.8) is 0 Å². The number of benzene rings is 1. The summed E-state index contributed by atoms with van der Waals surface area (Å²) in [6.07, 6.45) is -0.533. The summed E-state index contributed by atoms with van der Waals surface area (Å²) in [4.78, 5) is 13.4. The SMILES string of the molecule is CC(O)c1cccc(NC(=O)N(C)C(C)C)c1. The van der Waals surface area contributed by atoms with Crippen LogP contribution in [0, 0.1) is 0 Å². The Hall–Kier alpha value is -1.55. The first-order chi connectivity index (χ1) is 7.91. The van der Waals surface area contributed by atoms with Gasteiger partial charge in [-0.2, -0.15) is 0 Å². The number of carbonyl (C=O) groups is 1. The third-order valence-corrected chi connectivity index (χ3v) is 2.72. The molecule has 94 valence electrons. The van der Waals surface area contributed by atoms with Crippen LogP contribution in [-0.2, 0) is 0 Å². The lowest BCUT2D eigenvalue weighted by molar-refractivity contribution is 0.199. The Morgan fingerprint density at radius 3 is 2.53 bits per heavy atom. The third-order valence-electron chi connectivity index (χ3n) is 2.72. The van der Waals surface area contributed by atoms with E-state index in [1.807, 2.05) is 26.0 Å². The molecule has 0 aliphatic heterocycles. The number of nitrogens with zero attached hydrogens (tertiary/aromatic N) is 1. The van der Waals surface area contributed by atoms with E-state index in [4.69, 9.17) is 0 Å². The first kappa shape index (κ1) is 13.5. The minimum Gasteiger partial charge on any atom is -0.389 e. The molecule has 0 saturated carbocycles. The Morgan fingerprint density at radius 2 is 2.00 bits per heavy atom. The van der Waals surface area contributed by atoms with Crippen LogP contribution in [0.2, 0.25) is 0 Å². The second-order valence-corrected chi connectivity index (χ2v) is 4.44. The number of nitrogens with one attached hydrogen (secondary N) is 1. The quantitative estimate of drug-likeness (QED) is 0.847. The molecule has 1 aromatic rings. The second kappa shape index (κ2) is 5.68. The molecule has 0 spiro atoms. The van der Waals surface area contributed by atoms with Crippen molar-refractivity contribution in [2.45, 2.75) is 32.9 Å². The van der Waals surface area contributed by atoms with E-state index in [-0.39, 0.29) is 12.1 Å². The van der Waals surface area contributed by atoms with E-state index in [0.29, 0.717) is 5.69 Å². The lowest BCUT2D eigenvalue weighted by atomic mass is 10.1. The standard InChI is InChI=1S/C13H20N2O2/c1-9(2)15(4)13(17)14-12-7-5-6-11(8-12)10(3)16/h5-10,16H,1-4H3,(H,14,17). The number of carbonyl (C=O) groups excluding carboxylic acids is 1. The molecule has 0 heterocycles. The van der Waals surface area contributed by atoms with Gasteiger partial charge in [0.1, 0.15) is 0 Å². The summed E-state index contributed by atoms with van der Waals surface area (Å²) >= 11 is 0. The number of rotatable bonds is 3. The fourth-order valence-corrected chi connectivity index (χ4v) is 1.32. The van der Waals surface area contributed by atoms with Gasteiger partial charge in [-0.25, -0.2) is 4.79 Å². The predicted octanol–water partition coefficient (Wildman–Crippen LogP) is 2.61. The van der Waals surface area contributed by atoms with E-state index >= 15 is 0 Å². The first-order valence-corrected chi connectivity index (χ1v) is 5.73. The average molecular weight is 236 g/mol. The number of amides is 2. The van der Waals surface area contributed by atoms with Gasteiger partial charge >= 0.3 is 6.03 Å². The number of aliphatic hydroxyl groups is 1. The normalized spacial score (nSPS) is 12.4. The zero-order chi connectivity index (χ0) is 13.0. The van der Waals surface area contributed by atoms with Crippen molar-refractivity contribution in [3.8, 4) is 0 Å². The Kier molecular flexibility index (Phi) is 4.52. The molecule has 2 N–H and O–H groups in total. The molecule has 4 nitrogen and oxygen atoms in total. The van der Waals surface area contributed by atoms with Gasteiger partial charge in [0.2, 0.25) is 0 Å². The van der Waals surface area contributed by atoms with Gasteiger partial charge in [-0.15, -0.1) is 0 Å². The molecule has 2 amide bonds. The topological polar surface area (TPSA) is 52.6 Å². The van der Waals surface area contributed by atoms with E-state index in [9.17, 15) is 9.90 Å². The molecule has 17 heavy (non-hydrogen) atoms. The summed E-state index contributed by atoms with van der Waals surface area (Å²) in [7, 11) is 1.75. The van der Waals surface area contributed by atoms with Crippen LogP contribution in [0.15, 0.2) is 24.3 Å². The van der Waals surface area contributed by atoms with Crippen LogP contribution in [0.4, 0.5) is 10.5 Å². The Morgan fingerprint density at radius 1 is 1.35 bits per heavy atom. The molecule has 0 fully saturated rings. The monoisotopic (exact) mass is 236 g/mol. The molecule has 0 aromatic heterocycles. The second-order valence-electron chi connectivity index (χ2n) is 4.44. The molecule has 4 heteroatoms. The first-order valence-electron chi connectivity index (χ1n) is 5.73. The van der Waals surface area contributed by atoms with Crippen molar-refractivity contribution in [1.29, 1.82) is 0 Å². The van der Waals surface area contributed by atoms with Crippen molar-refractivity contribution in [2.75, 3.05) is 12.4 Å². The van der Waals surface area contributed by atoms with Gasteiger partial charge in [-0.05, 0) is 38.5 Å². The summed E-state index contributed by atoms with van der Waals surface area (Å²) in [5.74, 6) is 0. The third kappa shape index (κ3) is 3.75. The summed E-state index contributed by atoms with van der Waals surface area (Å²) in [6, 6.07) is 7.21. The zero-order valence-electron chi connectivity index (χ0n) is 10.8. The lowest BCUT2D eigenvalue weighted by Gasteiger charge is -2.22. The maximum Gasteiger partial charge on any atom is 0.321 e. The smallest absolute Gasteiger partial charge is 0.321 e. The van der Waals surface area contributed by atoms with Crippen molar-refractivity contribution in [2.24, 2.45) is 0 Å². The van der Waals surface area contributed by atoms with Gasteiger partial charge in [0.25, 0.3) is 0 Å². The highest BCUT2D eigenvalue weighted by molar-refractivity contribution is 5.89. The molecule has 0 bridgehead atoms. The highest BCUT2D eigenvalue weighted by Crippen LogP contribution is 2.17. The summed E-state index contributed by atoms with van der Waals surface area (Å²) in [5, 5.41) is 12.3. The number of hydrogen-bond acceptors (Lipinski definition) is 2. The summed E-state index contributed by atoms with van der Waals surface area (Å²) < 4.78 is 0. The average Bonchev–Trinajstić information content (AvgIpc) is 2.28. The van der Waals surface area contributed by atoms with Gasteiger partial charge in [0.15, 0.2) is 0 Å². The summed E-state index contributed by atoms with van der Waals surface area (Å²) in [5.41, 5.74) is 1.48. The molecular formula is C13H20N2O2. The molecule has 1 aromatic carbocycles. The van der Waals surface area contributed by atoms with Crippen molar-refractivity contribution < 1.29 is 9.90 Å². The van der Waals surface area contributed by atoms with Crippen LogP contribution < -0.4 is 5.32 Å². The van der Waals surface area contributed by atoms with Crippen LogP contribution in [0.25, 0.3) is 0 Å². The molecular weight excluding hydrogens is 216 g/mol. The van der Waals surface area contributed by atoms with Gasteiger partial charge < -0.3 is 15.3 Å². The number of hydrogen-bond donors (Lipinski definition) is 2. The van der Waals surface area contributed by atoms with Crippen molar-refractivity contribution >= 4 is 11.7 Å².